The molecule has 3 aromatic carbocycles. The lowest BCUT2D eigenvalue weighted by atomic mass is 10.0. The maximum atomic E-state index is 11.0. The summed E-state index contributed by atoms with van der Waals surface area (Å²) in [6.45, 7) is 2.09. The molecule has 0 aliphatic carbocycles. The first-order valence-electron chi connectivity index (χ1n) is 12.8. The van der Waals surface area contributed by atoms with E-state index in [2.05, 4.69) is 81.4 Å². The standard InChI is InChI=1S/C31H25N5O2S2/c1-21-7-9-22(10-8-21)34-20-4-6-28(34)30-29(27-5-2-3-19-32-27)33-31(39)35(30)23-11-15-25(16-12-23)40-26-17-13-24(14-18-26)36(37)38/h2-20,29-30H,1H3,(H,33,39)/t29-,30+/m1/s1. The van der Waals surface area contributed by atoms with E-state index in [1.807, 2.05) is 36.5 Å². The van der Waals surface area contributed by atoms with Gasteiger partial charge >= 0.3 is 0 Å². The van der Waals surface area contributed by atoms with Crippen molar-refractivity contribution in [2.75, 3.05) is 4.90 Å². The number of nitro benzene ring substituents is 1. The Kier molecular flexibility index (Phi) is 7.06. The lowest BCUT2D eigenvalue weighted by molar-refractivity contribution is -0.384. The summed E-state index contributed by atoms with van der Waals surface area (Å²) < 4.78 is 2.21. The predicted octanol–water partition coefficient (Wildman–Crippen LogP) is 7.42. The zero-order valence-electron chi connectivity index (χ0n) is 21.5. The number of rotatable bonds is 7. The molecule has 2 atom stereocenters. The highest BCUT2D eigenvalue weighted by Gasteiger charge is 2.42. The highest BCUT2D eigenvalue weighted by molar-refractivity contribution is 7.99. The second-order valence-corrected chi connectivity index (χ2v) is 11.0. The Morgan fingerprint density at radius 3 is 2.20 bits per heavy atom. The van der Waals surface area contributed by atoms with Crippen LogP contribution in [-0.2, 0) is 0 Å². The third-order valence-corrected chi connectivity index (χ3v) is 8.22. The maximum absolute atomic E-state index is 11.0. The van der Waals surface area contributed by atoms with Crippen molar-refractivity contribution in [3.63, 3.8) is 0 Å². The Balaban J connectivity index is 1.35. The first-order chi connectivity index (χ1) is 19.5. The molecule has 3 heterocycles. The summed E-state index contributed by atoms with van der Waals surface area (Å²) in [5.74, 6) is 0. The van der Waals surface area contributed by atoms with Gasteiger partial charge < -0.3 is 14.8 Å². The van der Waals surface area contributed by atoms with Gasteiger partial charge in [0.1, 0.15) is 6.04 Å². The van der Waals surface area contributed by atoms with Crippen LogP contribution in [0.5, 0.6) is 0 Å². The van der Waals surface area contributed by atoms with Crippen LogP contribution in [-0.4, -0.2) is 19.6 Å². The number of nitro groups is 1. The van der Waals surface area contributed by atoms with Crippen LogP contribution in [0.15, 0.2) is 125 Å². The van der Waals surface area contributed by atoms with Gasteiger partial charge in [-0.3, -0.25) is 15.1 Å². The molecule has 0 unspecified atom stereocenters. The van der Waals surface area contributed by atoms with Gasteiger partial charge in [0.15, 0.2) is 5.11 Å². The van der Waals surface area contributed by atoms with E-state index >= 15 is 0 Å². The van der Waals surface area contributed by atoms with Crippen LogP contribution >= 0.6 is 24.0 Å². The minimum Gasteiger partial charge on any atom is -0.351 e. The van der Waals surface area contributed by atoms with Crippen LogP contribution in [0.4, 0.5) is 11.4 Å². The fourth-order valence-corrected chi connectivity index (χ4v) is 6.12. The maximum Gasteiger partial charge on any atom is 0.269 e. The number of non-ortho nitro benzene ring substituents is 1. The molecule has 1 aliphatic rings. The third-order valence-electron chi connectivity index (χ3n) is 6.89. The van der Waals surface area contributed by atoms with Crippen LogP contribution in [0.2, 0.25) is 0 Å². The first kappa shape index (κ1) is 25.8. The van der Waals surface area contributed by atoms with Crippen molar-refractivity contribution in [1.29, 1.82) is 0 Å². The number of hydrogen-bond acceptors (Lipinski definition) is 5. The van der Waals surface area contributed by atoms with E-state index in [4.69, 9.17) is 12.2 Å². The van der Waals surface area contributed by atoms with E-state index < -0.39 is 0 Å². The number of benzene rings is 3. The summed E-state index contributed by atoms with van der Waals surface area (Å²) in [7, 11) is 0. The minimum atomic E-state index is -0.389. The fourth-order valence-electron chi connectivity index (χ4n) is 4.96. The molecular formula is C31H25N5O2S2. The topological polar surface area (TPSA) is 76.2 Å². The summed E-state index contributed by atoms with van der Waals surface area (Å²) in [5, 5.41) is 15.1. The molecule has 40 heavy (non-hydrogen) atoms. The van der Waals surface area contributed by atoms with Crippen molar-refractivity contribution in [3.8, 4) is 5.69 Å². The molecule has 0 saturated carbocycles. The van der Waals surface area contributed by atoms with Crippen molar-refractivity contribution >= 4 is 40.5 Å². The molecule has 1 saturated heterocycles. The number of nitrogens with zero attached hydrogens (tertiary/aromatic N) is 4. The normalized spacial score (nSPS) is 16.6. The van der Waals surface area contributed by atoms with Crippen LogP contribution in [0, 0.1) is 17.0 Å². The lowest BCUT2D eigenvalue weighted by Crippen LogP contribution is -2.30. The van der Waals surface area contributed by atoms with Crippen molar-refractivity contribution in [2.45, 2.75) is 28.8 Å². The fraction of sp³-hybridized carbons (Fsp3) is 0.0968. The van der Waals surface area contributed by atoms with Gasteiger partial charge in [-0.15, -0.1) is 0 Å². The van der Waals surface area contributed by atoms with Crippen molar-refractivity contribution in [3.05, 3.63) is 143 Å². The Morgan fingerprint density at radius 1 is 0.875 bits per heavy atom. The zero-order chi connectivity index (χ0) is 27.6. The molecule has 9 heteroatoms. The molecule has 1 fully saturated rings. The minimum absolute atomic E-state index is 0.0821. The number of thiocarbonyl (C=S) groups is 1. The number of anilines is 1. The number of pyridine rings is 1. The van der Waals surface area contributed by atoms with Crippen LogP contribution in [0.3, 0.4) is 0 Å². The largest absolute Gasteiger partial charge is 0.351 e. The first-order valence-corrected chi connectivity index (χ1v) is 14.0. The molecule has 6 rings (SSSR count). The second-order valence-electron chi connectivity index (χ2n) is 9.48. The summed E-state index contributed by atoms with van der Waals surface area (Å²) in [5.41, 5.74) is 5.35. The third kappa shape index (κ3) is 5.09. The van der Waals surface area contributed by atoms with Crippen LogP contribution in [0.1, 0.15) is 29.0 Å². The van der Waals surface area contributed by atoms with E-state index in [0.717, 1.165) is 32.6 Å². The van der Waals surface area contributed by atoms with Crippen molar-refractivity contribution < 1.29 is 4.92 Å². The monoisotopic (exact) mass is 563 g/mol. The number of aryl methyl sites for hydroxylation is 1. The van der Waals surface area contributed by atoms with E-state index in [1.54, 1.807) is 23.9 Å². The number of nitrogens with one attached hydrogen (secondary N) is 1. The Hall–Kier alpha value is -4.47. The van der Waals surface area contributed by atoms with Gasteiger partial charge in [-0.25, -0.2) is 0 Å². The van der Waals surface area contributed by atoms with E-state index in [9.17, 15) is 10.1 Å². The van der Waals surface area contributed by atoms with Gasteiger partial charge in [0.25, 0.3) is 5.69 Å². The van der Waals surface area contributed by atoms with Gasteiger partial charge in [0, 0.05) is 51.4 Å². The Morgan fingerprint density at radius 2 is 1.55 bits per heavy atom. The van der Waals surface area contributed by atoms with Crippen molar-refractivity contribution in [1.82, 2.24) is 14.9 Å². The summed E-state index contributed by atoms with van der Waals surface area (Å²) in [6, 6.07) is 33.1. The van der Waals surface area contributed by atoms with E-state index in [1.165, 1.54) is 17.7 Å². The summed E-state index contributed by atoms with van der Waals surface area (Å²) in [4.78, 5) is 19.4. The Bertz CT molecular complexity index is 1650. The van der Waals surface area contributed by atoms with Gasteiger partial charge in [-0.2, -0.15) is 0 Å². The molecule has 1 aliphatic heterocycles. The second kappa shape index (κ2) is 11.0. The average Bonchev–Trinajstić information content (AvgIpc) is 3.59. The lowest BCUT2D eigenvalue weighted by Gasteiger charge is -2.29. The SMILES string of the molecule is Cc1ccc(-n2cccc2[C@H]2[C@@H](c3ccccn3)NC(=S)N2c2ccc(Sc3ccc([N+](=O)[O-])cc3)cc2)cc1. The quantitative estimate of drug-likeness (QED) is 0.125. The highest BCUT2D eigenvalue weighted by atomic mass is 32.2. The molecule has 0 radical (unpaired) electrons. The van der Waals surface area contributed by atoms with E-state index in [-0.39, 0.29) is 22.7 Å². The van der Waals surface area contributed by atoms with Gasteiger partial charge in [-0.1, -0.05) is 35.5 Å². The summed E-state index contributed by atoms with van der Waals surface area (Å²) >= 11 is 7.47. The predicted molar refractivity (Wildman–Crippen MR) is 162 cm³/mol. The molecule has 0 spiro atoms. The molecule has 2 aromatic heterocycles. The summed E-state index contributed by atoms with van der Waals surface area (Å²) in [6.07, 6.45) is 3.89. The smallest absolute Gasteiger partial charge is 0.269 e. The van der Waals surface area contributed by atoms with Gasteiger partial charge in [0.05, 0.1) is 16.7 Å². The van der Waals surface area contributed by atoms with Gasteiger partial charge in [-0.05, 0) is 91.9 Å². The van der Waals surface area contributed by atoms with Crippen molar-refractivity contribution in [2.24, 2.45) is 0 Å². The van der Waals surface area contributed by atoms with Crippen LogP contribution in [0.25, 0.3) is 5.69 Å². The number of aromatic nitrogens is 2. The van der Waals surface area contributed by atoms with Crippen LogP contribution < -0.4 is 10.2 Å². The molecule has 198 valence electrons. The van der Waals surface area contributed by atoms with E-state index in [0.29, 0.717) is 5.11 Å². The molecule has 0 bridgehead atoms. The zero-order valence-corrected chi connectivity index (χ0v) is 23.2. The molecule has 5 aromatic rings. The molecule has 7 nitrogen and oxygen atoms in total. The van der Waals surface area contributed by atoms with Gasteiger partial charge in [0.2, 0.25) is 0 Å². The Labute approximate surface area is 241 Å². The molecular weight excluding hydrogens is 539 g/mol. The highest BCUT2D eigenvalue weighted by Crippen LogP contribution is 2.43. The average molecular weight is 564 g/mol. The number of hydrogen-bond donors (Lipinski definition) is 1. The molecule has 1 N–H and O–H groups in total. The molecule has 0 amide bonds.